The van der Waals surface area contributed by atoms with Gasteiger partial charge in [0.05, 0.1) is 0 Å². The van der Waals surface area contributed by atoms with Crippen LogP contribution in [0.2, 0.25) is 0 Å². The smallest absolute Gasteiger partial charge is 0.242 e. The van der Waals surface area contributed by atoms with Crippen molar-refractivity contribution in [3.8, 4) is 0 Å². The van der Waals surface area contributed by atoms with Crippen molar-refractivity contribution in [3.63, 3.8) is 0 Å². The van der Waals surface area contributed by atoms with Gasteiger partial charge in [-0.05, 0) is 40.9 Å². The maximum Gasteiger partial charge on any atom is 0.258 e. The molecule has 1 aliphatic rings. The molecule has 4 nitrogen and oxygen atoms in total. The van der Waals surface area contributed by atoms with E-state index in [4.69, 9.17) is 0 Å². The van der Waals surface area contributed by atoms with E-state index < -0.39 is 10.0 Å². The lowest BCUT2D eigenvalue weighted by molar-refractivity contribution is 0.411. The zero-order chi connectivity index (χ0) is 12.3. The van der Waals surface area contributed by atoms with E-state index in [-0.39, 0.29) is 11.1 Å². The molecule has 1 heterocycles. The van der Waals surface area contributed by atoms with Crippen LogP contribution in [0.3, 0.4) is 0 Å². The van der Waals surface area contributed by atoms with E-state index in [1.165, 1.54) is 18.7 Å². The molecule has 0 spiro atoms. The van der Waals surface area contributed by atoms with Crippen molar-refractivity contribution in [1.29, 1.82) is 0 Å². The van der Waals surface area contributed by atoms with Crippen LogP contribution in [-0.2, 0) is 10.0 Å². The maximum absolute atomic E-state index is 12.0. The fraction of sp³-hybridized carbons (Fsp3) is 0.545. The number of nitrogens with zero attached hydrogens (tertiary/aromatic N) is 1. The SMILES string of the molecule is O=S(=O)(NC1CCCCC1)c1ccc(Br)cn1. The normalized spacial score (nSPS) is 18.2. The summed E-state index contributed by atoms with van der Waals surface area (Å²) in [5.74, 6) is 0. The zero-order valence-electron chi connectivity index (χ0n) is 9.39. The average Bonchev–Trinajstić information content (AvgIpc) is 2.30. The number of halogens is 1. The van der Waals surface area contributed by atoms with Crippen molar-refractivity contribution in [1.82, 2.24) is 9.71 Å². The van der Waals surface area contributed by atoms with Crippen LogP contribution in [0.4, 0.5) is 0 Å². The van der Waals surface area contributed by atoms with E-state index in [0.717, 1.165) is 30.2 Å². The number of sulfonamides is 1. The maximum atomic E-state index is 12.0. The van der Waals surface area contributed by atoms with Crippen LogP contribution in [-0.4, -0.2) is 19.4 Å². The molecule has 0 unspecified atom stereocenters. The summed E-state index contributed by atoms with van der Waals surface area (Å²) in [4.78, 5) is 3.92. The fourth-order valence-electron chi connectivity index (χ4n) is 2.02. The molecule has 0 aliphatic heterocycles. The van der Waals surface area contributed by atoms with Crippen LogP contribution in [0.25, 0.3) is 0 Å². The lowest BCUT2D eigenvalue weighted by atomic mass is 9.96. The van der Waals surface area contributed by atoms with Gasteiger partial charge in [0.2, 0.25) is 0 Å². The van der Waals surface area contributed by atoms with E-state index in [0.29, 0.717) is 0 Å². The lowest BCUT2D eigenvalue weighted by Gasteiger charge is -2.22. The summed E-state index contributed by atoms with van der Waals surface area (Å²) < 4.78 is 27.5. The van der Waals surface area contributed by atoms with Gasteiger partial charge in [0.1, 0.15) is 0 Å². The van der Waals surface area contributed by atoms with Gasteiger partial charge in [-0.3, -0.25) is 0 Å². The minimum absolute atomic E-state index is 0.0687. The van der Waals surface area contributed by atoms with Crippen molar-refractivity contribution in [3.05, 3.63) is 22.8 Å². The van der Waals surface area contributed by atoms with Crippen LogP contribution in [0.5, 0.6) is 0 Å². The molecule has 0 amide bonds. The largest absolute Gasteiger partial charge is 0.258 e. The van der Waals surface area contributed by atoms with Crippen LogP contribution < -0.4 is 4.72 Å². The summed E-state index contributed by atoms with van der Waals surface area (Å²) in [6, 6.07) is 3.26. The van der Waals surface area contributed by atoms with Gasteiger partial charge in [0.25, 0.3) is 10.0 Å². The molecule has 1 aliphatic carbocycles. The molecule has 17 heavy (non-hydrogen) atoms. The molecule has 0 radical (unpaired) electrons. The summed E-state index contributed by atoms with van der Waals surface area (Å²) >= 11 is 3.23. The predicted molar refractivity (Wildman–Crippen MR) is 69.1 cm³/mol. The van der Waals surface area contributed by atoms with Crippen molar-refractivity contribution in [2.45, 2.75) is 43.2 Å². The molecule has 1 aromatic heterocycles. The molecule has 1 N–H and O–H groups in total. The van der Waals surface area contributed by atoms with Crippen molar-refractivity contribution in [2.75, 3.05) is 0 Å². The first kappa shape index (κ1) is 13.0. The molecule has 0 bridgehead atoms. The average molecular weight is 319 g/mol. The third-order valence-electron chi connectivity index (χ3n) is 2.90. The molecule has 1 aromatic rings. The molecule has 94 valence electrons. The summed E-state index contributed by atoms with van der Waals surface area (Å²) in [5.41, 5.74) is 0. The Kier molecular flexibility index (Phi) is 4.17. The number of nitrogens with one attached hydrogen (secondary N) is 1. The third-order valence-corrected chi connectivity index (χ3v) is 4.81. The van der Waals surface area contributed by atoms with Gasteiger partial charge in [0.15, 0.2) is 5.03 Å². The Labute approximate surface area is 110 Å². The van der Waals surface area contributed by atoms with Gasteiger partial charge in [0, 0.05) is 16.7 Å². The van der Waals surface area contributed by atoms with E-state index >= 15 is 0 Å². The Bertz CT molecular complexity index is 467. The number of hydrogen-bond acceptors (Lipinski definition) is 3. The van der Waals surface area contributed by atoms with Gasteiger partial charge in [-0.1, -0.05) is 19.3 Å². The molecule has 0 saturated heterocycles. The monoisotopic (exact) mass is 318 g/mol. The Morgan fingerprint density at radius 3 is 2.53 bits per heavy atom. The van der Waals surface area contributed by atoms with Gasteiger partial charge in [-0.25, -0.2) is 18.1 Å². The van der Waals surface area contributed by atoms with Gasteiger partial charge in [-0.15, -0.1) is 0 Å². The molecule has 2 rings (SSSR count). The van der Waals surface area contributed by atoms with Gasteiger partial charge < -0.3 is 0 Å². The molecular formula is C11H15BrN2O2S. The van der Waals surface area contributed by atoms with Crippen LogP contribution in [0.1, 0.15) is 32.1 Å². The van der Waals surface area contributed by atoms with Crippen molar-refractivity contribution in [2.24, 2.45) is 0 Å². The lowest BCUT2D eigenvalue weighted by Crippen LogP contribution is -2.36. The van der Waals surface area contributed by atoms with Crippen LogP contribution in [0.15, 0.2) is 27.8 Å². The molecule has 1 saturated carbocycles. The fourth-order valence-corrected chi connectivity index (χ4v) is 3.49. The highest BCUT2D eigenvalue weighted by molar-refractivity contribution is 9.10. The molecule has 1 fully saturated rings. The minimum atomic E-state index is -3.46. The highest BCUT2D eigenvalue weighted by Gasteiger charge is 2.22. The number of aromatic nitrogens is 1. The summed E-state index contributed by atoms with van der Waals surface area (Å²) in [7, 11) is -3.46. The van der Waals surface area contributed by atoms with Crippen LogP contribution >= 0.6 is 15.9 Å². The first-order valence-electron chi connectivity index (χ1n) is 5.72. The molecule has 0 atom stereocenters. The standard InChI is InChI=1S/C11H15BrN2O2S/c12-9-6-7-11(13-8-9)17(15,16)14-10-4-2-1-3-5-10/h6-8,10,14H,1-5H2. The quantitative estimate of drug-likeness (QED) is 0.931. The summed E-state index contributed by atoms with van der Waals surface area (Å²) in [6.45, 7) is 0. The Morgan fingerprint density at radius 2 is 1.94 bits per heavy atom. The molecular weight excluding hydrogens is 304 g/mol. The summed E-state index contributed by atoms with van der Waals surface area (Å²) in [6.07, 6.45) is 6.75. The Morgan fingerprint density at radius 1 is 1.24 bits per heavy atom. The first-order chi connectivity index (χ1) is 8.08. The molecule has 0 aromatic carbocycles. The Balaban J connectivity index is 2.10. The van der Waals surface area contributed by atoms with E-state index in [1.54, 1.807) is 6.07 Å². The van der Waals surface area contributed by atoms with Crippen LogP contribution in [0, 0.1) is 0 Å². The third kappa shape index (κ3) is 3.50. The van der Waals surface area contributed by atoms with E-state index in [1.807, 2.05) is 0 Å². The summed E-state index contributed by atoms with van der Waals surface area (Å²) in [5, 5.41) is 0.0891. The zero-order valence-corrected chi connectivity index (χ0v) is 11.8. The van der Waals surface area contributed by atoms with E-state index in [2.05, 4.69) is 25.6 Å². The van der Waals surface area contributed by atoms with Gasteiger partial charge in [-0.2, -0.15) is 0 Å². The minimum Gasteiger partial charge on any atom is -0.242 e. The van der Waals surface area contributed by atoms with Crippen molar-refractivity contribution < 1.29 is 8.42 Å². The number of hydrogen-bond donors (Lipinski definition) is 1. The number of rotatable bonds is 3. The van der Waals surface area contributed by atoms with Crippen molar-refractivity contribution >= 4 is 26.0 Å². The predicted octanol–water partition coefficient (Wildman–Crippen LogP) is 2.46. The topological polar surface area (TPSA) is 59.1 Å². The first-order valence-corrected chi connectivity index (χ1v) is 7.99. The second-order valence-corrected chi connectivity index (χ2v) is 6.85. The van der Waals surface area contributed by atoms with Gasteiger partial charge >= 0.3 is 0 Å². The van der Waals surface area contributed by atoms with E-state index in [9.17, 15) is 8.42 Å². The highest BCUT2D eigenvalue weighted by atomic mass is 79.9. The second-order valence-electron chi connectivity index (χ2n) is 4.27. The Hall–Kier alpha value is -0.460. The number of pyridine rings is 1. The second kappa shape index (κ2) is 5.46. The highest BCUT2D eigenvalue weighted by Crippen LogP contribution is 2.19. The molecule has 6 heteroatoms.